The Morgan fingerprint density at radius 3 is 2.62 bits per heavy atom. The second-order valence-corrected chi connectivity index (χ2v) is 7.03. The summed E-state index contributed by atoms with van der Waals surface area (Å²) in [6.07, 6.45) is 0. The van der Waals surface area contributed by atoms with Gasteiger partial charge in [0.2, 0.25) is 0 Å². The molecule has 3 aromatic rings. The molecule has 26 heavy (non-hydrogen) atoms. The van der Waals surface area contributed by atoms with Gasteiger partial charge in [-0.25, -0.2) is 4.79 Å². The second-order valence-electron chi connectivity index (χ2n) is 5.15. The van der Waals surface area contributed by atoms with E-state index in [1.54, 1.807) is 30.3 Å². The van der Waals surface area contributed by atoms with Crippen molar-refractivity contribution in [1.82, 2.24) is 19.8 Å². The van der Waals surface area contributed by atoms with Gasteiger partial charge in [0.15, 0.2) is 0 Å². The molecule has 10 heteroatoms. The highest BCUT2D eigenvalue weighted by Gasteiger charge is 2.18. The van der Waals surface area contributed by atoms with Crippen molar-refractivity contribution in [3.63, 3.8) is 0 Å². The van der Waals surface area contributed by atoms with Crippen molar-refractivity contribution in [3.8, 4) is 11.4 Å². The number of benzene rings is 2. The predicted octanol–water partition coefficient (Wildman–Crippen LogP) is 3.62. The Morgan fingerprint density at radius 2 is 1.96 bits per heavy atom. The van der Waals surface area contributed by atoms with E-state index in [2.05, 4.69) is 26.4 Å². The van der Waals surface area contributed by atoms with Crippen molar-refractivity contribution in [2.45, 2.75) is 17.3 Å². The number of tetrazole rings is 1. The summed E-state index contributed by atoms with van der Waals surface area (Å²) in [6, 6.07) is 12.0. The van der Waals surface area contributed by atoms with Gasteiger partial charge in [0.25, 0.3) is 5.76 Å². The van der Waals surface area contributed by atoms with E-state index in [4.69, 9.17) is 4.74 Å². The van der Waals surface area contributed by atoms with E-state index in [9.17, 15) is 13.6 Å². The third-order valence-corrected chi connectivity index (χ3v) is 4.95. The van der Waals surface area contributed by atoms with E-state index in [0.29, 0.717) is 33.7 Å². The molecule has 0 radical (unpaired) electrons. The summed E-state index contributed by atoms with van der Waals surface area (Å²) in [5.74, 6) is -2.05. The summed E-state index contributed by atoms with van der Waals surface area (Å²) in [6.45, 7) is -0.0170. The first-order chi connectivity index (χ1) is 12.5. The van der Waals surface area contributed by atoms with Crippen molar-refractivity contribution in [2.24, 2.45) is 7.05 Å². The van der Waals surface area contributed by atoms with E-state index in [-0.39, 0.29) is 6.61 Å². The predicted molar refractivity (Wildman–Crippen MR) is 96.9 cm³/mol. The van der Waals surface area contributed by atoms with Crippen LogP contribution < -0.4 is 10.4 Å². The number of thioether (sulfide) groups is 1. The zero-order chi connectivity index (χ0) is 18.7. The number of rotatable bonds is 6. The van der Waals surface area contributed by atoms with Gasteiger partial charge in [-0.15, -0.1) is 0 Å². The van der Waals surface area contributed by atoms with Crippen LogP contribution in [0.1, 0.15) is 5.56 Å². The summed E-state index contributed by atoms with van der Waals surface area (Å²) in [7, 11) is 1.46. The van der Waals surface area contributed by atoms with Crippen LogP contribution in [0.4, 0.5) is 8.78 Å². The van der Waals surface area contributed by atoms with Gasteiger partial charge in [0, 0.05) is 17.5 Å². The maximum absolute atomic E-state index is 13.0. The lowest BCUT2D eigenvalue weighted by Gasteiger charge is -2.15. The smallest absolute Gasteiger partial charge is 0.368 e. The molecule has 0 N–H and O–H groups in total. The number of hydrogen-bond donors (Lipinski definition) is 0. The molecule has 0 saturated carbocycles. The van der Waals surface area contributed by atoms with Gasteiger partial charge in [-0.2, -0.15) is 18.1 Å². The minimum Gasteiger partial charge on any atom is -0.488 e. The summed E-state index contributed by atoms with van der Waals surface area (Å²) >= 11 is 3.77. The largest absolute Gasteiger partial charge is 0.488 e. The fourth-order valence-electron chi connectivity index (χ4n) is 2.28. The number of para-hydroxylation sites is 1. The Hall–Kier alpha value is -2.20. The standard InChI is InChI=1S/C16H13BrF2N4O2S/c1-22-16(24)23(21-20-22)12-6-4-8-14(26-15(18)19)10(12)9-25-13-7-3-2-5-11(13)17/h2-8,15H,9H2,1H3. The van der Waals surface area contributed by atoms with E-state index in [1.165, 1.54) is 7.05 Å². The molecule has 0 atom stereocenters. The van der Waals surface area contributed by atoms with Crippen LogP contribution in [0.2, 0.25) is 0 Å². The molecule has 0 aliphatic heterocycles. The first-order valence-corrected chi connectivity index (χ1v) is 9.08. The number of hydrogen-bond acceptors (Lipinski definition) is 5. The molecule has 0 bridgehead atoms. The van der Waals surface area contributed by atoms with Crippen LogP contribution in [0.25, 0.3) is 5.69 Å². The molecule has 2 aromatic carbocycles. The van der Waals surface area contributed by atoms with Gasteiger partial charge in [0.1, 0.15) is 12.4 Å². The lowest BCUT2D eigenvalue weighted by molar-refractivity contribution is 0.251. The van der Waals surface area contributed by atoms with Crippen molar-refractivity contribution in [3.05, 3.63) is 63.0 Å². The van der Waals surface area contributed by atoms with Crippen molar-refractivity contribution in [2.75, 3.05) is 0 Å². The summed E-state index contributed by atoms with van der Waals surface area (Å²) in [5.41, 5.74) is 0.295. The summed E-state index contributed by atoms with van der Waals surface area (Å²) < 4.78 is 34.6. The topological polar surface area (TPSA) is 61.9 Å². The highest BCUT2D eigenvalue weighted by Crippen LogP contribution is 2.33. The Labute approximate surface area is 159 Å². The zero-order valence-corrected chi connectivity index (χ0v) is 15.9. The van der Waals surface area contributed by atoms with E-state index in [0.717, 1.165) is 13.8 Å². The molecule has 0 aliphatic carbocycles. The minimum absolute atomic E-state index is 0.0170. The Bertz CT molecular complexity index is 977. The van der Waals surface area contributed by atoms with Crippen LogP contribution >= 0.6 is 27.7 Å². The monoisotopic (exact) mass is 442 g/mol. The SMILES string of the molecule is Cn1nnn(-c2cccc(SC(F)F)c2COc2ccccc2Br)c1=O. The number of alkyl halides is 2. The number of ether oxygens (including phenoxy) is 1. The molecular formula is C16H13BrF2N4O2S. The van der Waals surface area contributed by atoms with Crippen molar-refractivity contribution < 1.29 is 13.5 Å². The normalized spacial score (nSPS) is 11.1. The molecule has 0 fully saturated rings. The van der Waals surface area contributed by atoms with Crippen LogP contribution in [0.5, 0.6) is 5.75 Å². The summed E-state index contributed by atoms with van der Waals surface area (Å²) in [5, 5.41) is 7.47. The van der Waals surface area contributed by atoms with Crippen LogP contribution in [0.15, 0.2) is 56.6 Å². The van der Waals surface area contributed by atoms with Gasteiger partial charge < -0.3 is 4.74 Å². The number of aromatic nitrogens is 4. The third-order valence-electron chi connectivity index (χ3n) is 3.48. The maximum atomic E-state index is 13.0. The Morgan fingerprint density at radius 1 is 1.19 bits per heavy atom. The maximum Gasteiger partial charge on any atom is 0.368 e. The molecule has 136 valence electrons. The lowest BCUT2D eigenvalue weighted by atomic mass is 10.2. The number of aryl methyl sites for hydroxylation is 1. The molecule has 1 aromatic heterocycles. The average molecular weight is 443 g/mol. The lowest BCUT2D eigenvalue weighted by Crippen LogP contribution is -2.23. The molecular weight excluding hydrogens is 430 g/mol. The second kappa shape index (κ2) is 8.00. The van der Waals surface area contributed by atoms with E-state index < -0.39 is 11.4 Å². The highest BCUT2D eigenvalue weighted by molar-refractivity contribution is 9.10. The Kier molecular flexibility index (Phi) is 5.72. The molecule has 0 aliphatic rings. The van der Waals surface area contributed by atoms with Crippen LogP contribution in [0, 0.1) is 0 Å². The molecule has 3 rings (SSSR count). The first kappa shape index (κ1) is 18.6. The van der Waals surface area contributed by atoms with Gasteiger partial charge in [-0.3, -0.25) is 0 Å². The van der Waals surface area contributed by atoms with E-state index >= 15 is 0 Å². The molecule has 1 heterocycles. The molecule has 6 nitrogen and oxygen atoms in total. The zero-order valence-electron chi connectivity index (χ0n) is 13.5. The molecule has 0 saturated heterocycles. The van der Waals surface area contributed by atoms with Crippen LogP contribution in [-0.4, -0.2) is 25.5 Å². The minimum atomic E-state index is -2.61. The fraction of sp³-hybridized carbons (Fsp3) is 0.188. The van der Waals surface area contributed by atoms with Gasteiger partial charge >= 0.3 is 5.69 Å². The highest BCUT2D eigenvalue weighted by atomic mass is 79.9. The van der Waals surface area contributed by atoms with Crippen molar-refractivity contribution in [1.29, 1.82) is 0 Å². The average Bonchev–Trinajstić information content (AvgIpc) is 2.93. The third kappa shape index (κ3) is 3.96. The molecule has 0 spiro atoms. The Balaban J connectivity index is 2.03. The molecule has 0 amide bonds. The van der Waals surface area contributed by atoms with Crippen molar-refractivity contribution >= 4 is 27.7 Å². The fourth-order valence-corrected chi connectivity index (χ4v) is 3.33. The van der Waals surface area contributed by atoms with Gasteiger partial charge in [0.05, 0.1) is 10.2 Å². The quantitative estimate of drug-likeness (QED) is 0.545. The number of halogens is 3. The molecule has 0 unspecified atom stereocenters. The summed E-state index contributed by atoms with van der Waals surface area (Å²) in [4.78, 5) is 12.5. The van der Waals surface area contributed by atoms with E-state index in [1.807, 2.05) is 12.1 Å². The number of nitrogens with zero attached hydrogens (tertiary/aromatic N) is 4. The van der Waals surface area contributed by atoms with Crippen LogP contribution in [-0.2, 0) is 13.7 Å². The van der Waals surface area contributed by atoms with Gasteiger partial charge in [-0.1, -0.05) is 30.0 Å². The first-order valence-electron chi connectivity index (χ1n) is 7.41. The van der Waals surface area contributed by atoms with Crippen LogP contribution in [0.3, 0.4) is 0 Å². The van der Waals surface area contributed by atoms with Gasteiger partial charge in [-0.05, 0) is 50.6 Å².